The summed E-state index contributed by atoms with van der Waals surface area (Å²) in [5.74, 6) is -3.34. The molecule has 1 aromatic rings. The maximum atomic E-state index is 14.1. The van der Waals surface area contributed by atoms with Crippen LogP contribution in [0.1, 0.15) is 26.7 Å². The summed E-state index contributed by atoms with van der Waals surface area (Å²) in [7, 11) is 0. The van der Waals surface area contributed by atoms with Gasteiger partial charge in [0, 0.05) is 22.0 Å². The Labute approximate surface area is 196 Å². The van der Waals surface area contributed by atoms with Crippen LogP contribution >= 0.6 is 23.4 Å². The first-order chi connectivity index (χ1) is 15.1. The minimum atomic E-state index is -1.01. The number of carboxylic acids is 1. The van der Waals surface area contributed by atoms with Gasteiger partial charge in [0.1, 0.15) is 6.04 Å². The number of fused-ring (bicyclic) bond motifs is 1. The van der Waals surface area contributed by atoms with Gasteiger partial charge in [-0.3, -0.25) is 14.4 Å². The predicted molar refractivity (Wildman–Crippen MR) is 124 cm³/mol. The van der Waals surface area contributed by atoms with Gasteiger partial charge in [0.15, 0.2) is 0 Å². The average Bonchev–Trinajstić information content (AvgIpc) is 3.32. The zero-order valence-electron chi connectivity index (χ0n) is 18.0. The summed E-state index contributed by atoms with van der Waals surface area (Å²) in [5, 5.41) is 20.4. The third kappa shape index (κ3) is 3.18. The highest BCUT2D eigenvalue weighted by Crippen LogP contribution is 2.71. The maximum Gasteiger partial charge on any atom is 0.308 e. The number of hydrogen-bond acceptors (Lipinski definition) is 5. The van der Waals surface area contributed by atoms with E-state index in [4.69, 9.17) is 11.6 Å². The second-order valence-electron chi connectivity index (χ2n) is 9.06. The minimum Gasteiger partial charge on any atom is -0.481 e. The summed E-state index contributed by atoms with van der Waals surface area (Å²) >= 11 is 7.50. The second-order valence-corrected chi connectivity index (χ2v) is 11.4. The molecule has 172 valence electrons. The van der Waals surface area contributed by atoms with Crippen molar-refractivity contribution in [3.63, 3.8) is 0 Å². The summed E-state index contributed by atoms with van der Waals surface area (Å²) < 4.78 is -1.45. The number of rotatable bonds is 7. The van der Waals surface area contributed by atoms with Gasteiger partial charge in [0.05, 0.1) is 29.2 Å². The van der Waals surface area contributed by atoms with Gasteiger partial charge in [-0.1, -0.05) is 17.7 Å². The van der Waals surface area contributed by atoms with E-state index in [0.717, 1.165) is 0 Å². The topological polar surface area (TPSA) is 98.2 Å². The van der Waals surface area contributed by atoms with E-state index in [-0.39, 0.29) is 25.0 Å². The Kier molecular flexibility index (Phi) is 5.84. The zero-order chi connectivity index (χ0) is 23.4. The van der Waals surface area contributed by atoms with Gasteiger partial charge < -0.3 is 20.0 Å². The van der Waals surface area contributed by atoms with Gasteiger partial charge >= 0.3 is 5.97 Å². The third-order valence-electron chi connectivity index (χ3n) is 7.17. The van der Waals surface area contributed by atoms with Crippen molar-refractivity contribution in [2.45, 2.75) is 48.3 Å². The van der Waals surface area contributed by atoms with Crippen LogP contribution in [0.2, 0.25) is 5.02 Å². The molecule has 0 aliphatic carbocycles. The Hall–Kier alpha value is -2.03. The van der Waals surface area contributed by atoms with Crippen LogP contribution in [0.5, 0.6) is 0 Å². The molecule has 2 unspecified atom stereocenters. The highest BCUT2D eigenvalue weighted by atomic mass is 35.5. The van der Waals surface area contributed by atoms with Crippen molar-refractivity contribution < 1.29 is 24.6 Å². The van der Waals surface area contributed by atoms with Crippen LogP contribution in [0, 0.1) is 11.8 Å². The van der Waals surface area contributed by atoms with Crippen LogP contribution in [-0.2, 0) is 14.4 Å². The number of anilines is 1. The van der Waals surface area contributed by atoms with Crippen LogP contribution in [0.4, 0.5) is 5.69 Å². The van der Waals surface area contributed by atoms with E-state index in [2.05, 4.69) is 6.58 Å². The summed E-state index contributed by atoms with van der Waals surface area (Å²) in [6.45, 7) is 7.25. The zero-order valence-corrected chi connectivity index (χ0v) is 19.6. The van der Waals surface area contributed by atoms with Gasteiger partial charge in [-0.2, -0.15) is 0 Å². The molecule has 3 aliphatic rings. The van der Waals surface area contributed by atoms with Crippen LogP contribution in [0.15, 0.2) is 36.9 Å². The normalized spacial score (nSPS) is 33.8. The molecule has 9 heteroatoms. The van der Waals surface area contributed by atoms with Gasteiger partial charge in [-0.15, -0.1) is 18.3 Å². The number of thioether (sulfide) groups is 1. The Morgan fingerprint density at radius 2 is 2.03 bits per heavy atom. The summed E-state index contributed by atoms with van der Waals surface area (Å²) in [5.41, 5.74) is 0.613. The van der Waals surface area contributed by atoms with Crippen molar-refractivity contribution in [2.24, 2.45) is 11.8 Å². The largest absolute Gasteiger partial charge is 0.481 e. The average molecular weight is 479 g/mol. The van der Waals surface area contributed by atoms with Gasteiger partial charge in [0.2, 0.25) is 5.91 Å². The van der Waals surface area contributed by atoms with Gasteiger partial charge in [0.25, 0.3) is 5.91 Å². The first kappa shape index (κ1) is 23.1. The number of hydrogen-bond donors (Lipinski definition) is 2. The fourth-order valence-corrected chi connectivity index (χ4v) is 8.26. The molecular weight excluding hydrogens is 452 g/mol. The molecule has 1 aromatic carbocycles. The van der Waals surface area contributed by atoms with E-state index in [1.807, 2.05) is 6.92 Å². The Balaban J connectivity index is 1.83. The van der Waals surface area contributed by atoms with E-state index in [0.29, 0.717) is 23.6 Å². The van der Waals surface area contributed by atoms with Crippen molar-refractivity contribution in [3.05, 3.63) is 41.9 Å². The minimum absolute atomic E-state index is 0.220. The number of nitrogens with zero attached hydrogens (tertiary/aromatic N) is 2. The van der Waals surface area contributed by atoms with Crippen LogP contribution < -0.4 is 4.90 Å². The van der Waals surface area contributed by atoms with Crippen LogP contribution in [0.25, 0.3) is 0 Å². The molecule has 3 saturated heterocycles. The van der Waals surface area contributed by atoms with Crippen molar-refractivity contribution in [1.29, 1.82) is 0 Å². The SMILES string of the molecule is C=CCN(C(=O)C1N([C@H](C)CO)C(=O)[C@@H]2[C@@H](C(=O)O)[C@@]3(C)CCC12S3)c1ccc(Cl)cc1. The fraction of sp³-hybridized carbons (Fsp3) is 0.522. The van der Waals surface area contributed by atoms with E-state index in [1.54, 1.807) is 42.2 Å². The van der Waals surface area contributed by atoms with Crippen LogP contribution in [-0.4, -0.2) is 67.6 Å². The highest BCUT2D eigenvalue weighted by Gasteiger charge is 2.77. The number of halogens is 1. The summed E-state index contributed by atoms with van der Waals surface area (Å²) in [4.78, 5) is 43.0. The summed E-state index contributed by atoms with van der Waals surface area (Å²) in [6.07, 6.45) is 2.80. The molecule has 3 heterocycles. The number of likely N-dealkylation sites (tertiary alicyclic amines) is 1. The van der Waals surface area contributed by atoms with Crippen molar-refractivity contribution in [3.8, 4) is 0 Å². The monoisotopic (exact) mass is 478 g/mol. The lowest BCUT2D eigenvalue weighted by Gasteiger charge is -2.38. The molecule has 3 aliphatic heterocycles. The quantitative estimate of drug-likeness (QED) is 0.585. The molecule has 2 bridgehead atoms. The van der Waals surface area contributed by atoms with Gasteiger partial charge in [-0.05, 0) is 51.0 Å². The molecule has 0 saturated carbocycles. The molecule has 0 aromatic heterocycles. The lowest BCUT2D eigenvalue weighted by molar-refractivity contribution is -0.150. The number of amides is 2. The molecule has 4 rings (SSSR count). The van der Waals surface area contributed by atoms with Crippen LogP contribution in [0.3, 0.4) is 0 Å². The Morgan fingerprint density at radius 1 is 1.38 bits per heavy atom. The third-order valence-corrected chi connectivity index (χ3v) is 9.41. The second kappa shape index (κ2) is 8.08. The molecule has 2 N–H and O–H groups in total. The van der Waals surface area contributed by atoms with Crippen molar-refractivity contribution >= 4 is 46.8 Å². The molecule has 32 heavy (non-hydrogen) atoms. The first-order valence-electron chi connectivity index (χ1n) is 10.6. The Morgan fingerprint density at radius 3 is 2.59 bits per heavy atom. The number of aliphatic carboxylic acids is 1. The van der Waals surface area contributed by atoms with Crippen molar-refractivity contribution in [2.75, 3.05) is 18.1 Å². The molecule has 1 spiro atoms. The number of aliphatic hydroxyl groups excluding tert-OH is 1. The summed E-state index contributed by atoms with van der Waals surface area (Å²) in [6, 6.07) is 5.34. The van der Waals surface area contributed by atoms with E-state index < -0.39 is 39.4 Å². The number of carbonyl (C=O) groups is 3. The lowest BCUT2D eigenvalue weighted by Crippen LogP contribution is -2.57. The van der Waals surface area contributed by atoms with Gasteiger partial charge in [-0.25, -0.2) is 0 Å². The highest BCUT2D eigenvalue weighted by molar-refractivity contribution is 8.02. The molecule has 6 atom stereocenters. The van der Waals surface area contributed by atoms with E-state index in [1.165, 1.54) is 16.7 Å². The molecule has 0 radical (unpaired) electrons. The van der Waals surface area contributed by atoms with Crippen molar-refractivity contribution in [1.82, 2.24) is 4.90 Å². The molecule has 3 fully saturated rings. The smallest absolute Gasteiger partial charge is 0.308 e. The molecule has 2 amide bonds. The first-order valence-corrected chi connectivity index (χ1v) is 11.8. The Bertz CT molecular complexity index is 972. The predicted octanol–water partition coefficient (Wildman–Crippen LogP) is 2.81. The fourth-order valence-electron chi connectivity index (χ4n) is 5.80. The molecular formula is C23H27ClN2O5S. The standard InChI is InChI=1S/C23H27ClN2O5S/c1-4-11-25(15-7-5-14(24)6-8-15)20(29)18-23-10-9-22(3,32-23)17(21(30)31)16(23)19(28)26(18)13(2)12-27/h4-8,13,16-18,27H,1,9-12H2,2-3H3,(H,30,31)/t13-,16+,17+,18?,22-,23?/m1/s1. The lowest BCUT2D eigenvalue weighted by atomic mass is 9.66. The number of benzene rings is 1. The number of aliphatic hydroxyl groups is 1. The van der Waals surface area contributed by atoms with E-state index >= 15 is 0 Å². The molecule has 7 nitrogen and oxygen atoms in total. The number of carboxylic acid groups (broad SMARTS) is 1. The number of carbonyl (C=O) groups excluding carboxylic acids is 2. The van der Waals surface area contributed by atoms with E-state index in [9.17, 15) is 24.6 Å². The maximum absolute atomic E-state index is 14.1.